The maximum absolute atomic E-state index is 14.3. The molecule has 0 fully saturated rings. The molecule has 0 atom stereocenters. The van der Waals surface area contributed by atoms with E-state index in [1.165, 1.54) is 31.3 Å². The lowest BCUT2D eigenvalue weighted by Crippen LogP contribution is -2.27. The Morgan fingerprint density at radius 3 is 2.38 bits per heavy atom. The second kappa shape index (κ2) is 11.9. The number of halogens is 1. The number of fused-ring (bicyclic) bond motifs is 1. The fraction of sp³-hybridized carbons (Fsp3) is 0.267. The zero-order chi connectivity index (χ0) is 28.1. The Bertz CT molecular complexity index is 1410. The van der Waals surface area contributed by atoms with E-state index in [1.807, 2.05) is 13.0 Å². The van der Waals surface area contributed by atoms with Crippen LogP contribution in [-0.2, 0) is 16.1 Å². The van der Waals surface area contributed by atoms with Gasteiger partial charge >= 0.3 is 0 Å². The molecule has 1 aliphatic rings. The van der Waals surface area contributed by atoms with Crippen molar-refractivity contribution in [2.45, 2.75) is 19.9 Å². The summed E-state index contributed by atoms with van der Waals surface area (Å²) in [6, 6.07) is 11.7. The average Bonchev–Trinajstić information content (AvgIpc) is 3.53. The van der Waals surface area contributed by atoms with Crippen LogP contribution in [0.1, 0.15) is 35.8 Å². The molecule has 0 unspecified atom stereocenters. The SMILES string of the molecule is COc1cc(/C=C2/C(C)=C(CC(=O)NCc3ccco3)c3cc(F)ccc32)cc(OC)c1OCC(=O)N(C)C. The molecule has 39 heavy (non-hydrogen) atoms. The van der Waals surface area contributed by atoms with Crippen LogP contribution >= 0.6 is 0 Å². The third-order valence-electron chi connectivity index (χ3n) is 6.46. The fourth-order valence-corrected chi connectivity index (χ4v) is 4.36. The summed E-state index contributed by atoms with van der Waals surface area (Å²) in [5.41, 5.74) is 4.68. The van der Waals surface area contributed by atoms with Crippen LogP contribution in [-0.4, -0.2) is 51.6 Å². The minimum Gasteiger partial charge on any atom is -0.493 e. The number of amides is 2. The molecule has 8 nitrogen and oxygen atoms in total. The van der Waals surface area contributed by atoms with Gasteiger partial charge in [0.05, 0.1) is 33.4 Å². The van der Waals surface area contributed by atoms with Crippen molar-refractivity contribution < 1.29 is 32.6 Å². The fourth-order valence-electron chi connectivity index (χ4n) is 4.36. The summed E-state index contributed by atoms with van der Waals surface area (Å²) in [5.74, 6) is 0.958. The molecule has 0 spiro atoms. The zero-order valence-electron chi connectivity index (χ0n) is 22.6. The summed E-state index contributed by atoms with van der Waals surface area (Å²) in [6.07, 6.45) is 3.56. The van der Waals surface area contributed by atoms with Crippen LogP contribution in [0.4, 0.5) is 4.39 Å². The van der Waals surface area contributed by atoms with E-state index in [9.17, 15) is 14.0 Å². The maximum atomic E-state index is 14.3. The second-order valence-corrected chi connectivity index (χ2v) is 9.22. The number of carbonyl (C=O) groups is 2. The van der Waals surface area contributed by atoms with Crippen molar-refractivity contribution in [3.05, 3.63) is 82.6 Å². The molecule has 0 aliphatic heterocycles. The molecule has 1 aromatic heterocycles. The molecule has 2 amide bonds. The number of nitrogens with zero attached hydrogens (tertiary/aromatic N) is 1. The number of hydrogen-bond acceptors (Lipinski definition) is 6. The standard InChI is InChI=1S/C30H31FN2O6/c1-18-23(11-19-12-26(36-4)30(27(13-19)37-5)39-17-29(35)33(2)3)22-9-8-20(31)14-25(22)24(18)15-28(34)32-16-21-7-6-10-38-21/h6-14H,15-17H2,1-5H3,(H,32,34)/b23-11-. The molecule has 1 heterocycles. The number of ether oxygens (including phenoxy) is 3. The first-order valence-corrected chi connectivity index (χ1v) is 12.3. The molecular formula is C30H31FN2O6. The van der Waals surface area contributed by atoms with Gasteiger partial charge in [0.1, 0.15) is 11.6 Å². The van der Waals surface area contributed by atoms with Gasteiger partial charge in [-0.3, -0.25) is 9.59 Å². The van der Waals surface area contributed by atoms with Crippen molar-refractivity contribution >= 4 is 29.0 Å². The highest BCUT2D eigenvalue weighted by Gasteiger charge is 2.26. The highest BCUT2D eigenvalue weighted by atomic mass is 19.1. The van der Waals surface area contributed by atoms with Crippen LogP contribution in [0.5, 0.6) is 17.2 Å². The van der Waals surface area contributed by atoms with Crippen molar-refractivity contribution in [2.24, 2.45) is 0 Å². The lowest BCUT2D eigenvalue weighted by molar-refractivity contribution is -0.130. The molecule has 0 bridgehead atoms. The van der Waals surface area contributed by atoms with E-state index in [-0.39, 0.29) is 37.2 Å². The van der Waals surface area contributed by atoms with E-state index in [0.717, 1.165) is 27.8 Å². The smallest absolute Gasteiger partial charge is 0.259 e. The molecule has 204 valence electrons. The van der Waals surface area contributed by atoms with Gasteiger partial charge in [-0.05, 0) is 82.8 Å². The summed E-state index contributed by atoms with van der Waals surface area (Å²) in [7, 11) is 6.30. The highest BCUT2D eigenvalue weighted by molar-refractivity contribution is 6.08. The van der Waals surface area contributed by atoms with Gasteiger partial charge in [-0.1, -0.05) is 6.07 Å². The number of nitrogens with one attached hydrogen (secondary N) is 1. The van der Waals surface area contributed by atoms with E-state index in [1.54, 1.807) is 50.7 Å². The number of carbonyl (C=O) groups excluding carboxylic acids is 2. The van der Waals surface area contributed by atoms with Gasteiger partial charge < -0.3 is 28.8 Å². The lowest BCUT2D eigenvalue weighted by atomic mass is 10.00. The quantitative estimate of drug-likeness (QED) is 0.397. The molecule has 0 saturated carbocycles. The summed E-state index contributed by atoms with van der Waals surface area (Å²) in [5, 5.41) is 2.85. The first-order chi connectivity index (χ1) is 18.7. The van der Waals surface area contributed by atoms with Gasteiger partial charge in [-0.2, -0.15) is 0 Å². The lowest BCUT2D eigenvalue weighted by Gasteiger charge is -2.17. The van der Waals surface area contributed by atoms with Crippen LogP contribution in [0.2, 0.25) is 0 Å². The monoisotopic (exact) mass is 534 g/mol. The second-order valence-electron chi connectivity index (χ2n) is 9.22. The summed E-state index contributed by atoms with van der Waals surface area (Å²) in [4.78, 5) is 26.3. The van der Waals surface area contributed by atoms with E-state index in [4.69, 9.17) is 18.6 Å². The normalized spacial score (nSPS) is 13.3. The van der Waals surface area contributed by atoms with E-state index in [2.05, 4.69) is 5.32 Å². The average molecular weight is 535 g/mol. The number of allylic oxidation sites excluding steroid dienone is 2. The van der Waals surface area contributed by atoms with Crippen molar-refractivity contribution in [3.63, 3.8) is 0 Å². The number of methoxy groups -OCH3 is 2. The zero-order valence-corrected chi connectivity index (χ0v) is 22.6. The third-order valence-corrected chi connectivity index (χ3v) is 6.46. The molecular weight excluding hydrogens is 503 g/mol. The summed E-state index contributed by atoms with van der Waals surface area (Å²) >= 11 is 0. The Balaban J connectivity index is 1.67. The Morgan fingerprint density at radius 2 is 1.77 bits per heavy atom. The topological polar surface area (TPSA) is 90.2 Å². The highest BCUT2D eigenvalue weighted by Crippen LogP contribution is 2.45. The molecule has 9 heteroatoms. The molecule has 0 saturated heterocycles. The minimum absolute atomic E-state index is 0.0830. The molecule has 1 aliphatic carbocycles. The van der Waals surface area contributed by atoms with Crippen LogP contribution in [0.3, 0.4) is 0 Å². The largest absolute Gasteiger partial charge is 0.493 e. The van der Waals surface area contributed by atoms with Crippen LogP contribution in [0.25, 0.3) is 17.2 Å². The number of benzene rings is 2. The van der Waals surface area contributed by atoms with E-state index >= 15 is 0 Å². The summed E-state index contributed by atoms with van der Waals surface area (Å²) in [6.45, 7) is 2.01. The van der Waals surface area contributed by atoms with Gasteiger partial charge in [-0.25, -0.2) is 4.39 Å². The van der Waals surface area contributed by atoms with Gasteiger partial charge in [-0.15, -0.1) is 0 Å². The number of likely N-dealkylation sites (N-methyl/N-ethyl adjacent to an activating group) is 1. The van der Waals surface area contributed by atoms with Crippen molar-refractivity contribution in [2.75, 3.05) is 34.9 Å². The Hall–Kier alpha value is -4.53. The first kappa shape index (κ1) is 27.5. The Morgan fingerprint density at radius 1 is 1.05 bits per heavy atom. The number of furan rings is 1. The number of rotatable bonds is 10. The Kier molecular flexibility index (Phi) is 8.39. The number of hydrogen-bond donors (Lipinski definition) is 1. The Labute approximate surface area is 226 Å². The minimum atomic E-state index is -0.381. The van der Waals surface area contributed by atoms with Crippen molar-refractivity contribution in [3.8, 4) is 17.2 Å². The van der Waals surface area contributed by atoms with Gasteiger partial charge in [0, 0.05) is 14.1 Å². The van der Waals surface area contributed by atoms with Crippen LogP contribution in [0.15, 0.2) is 58.7 Å². The molecule has 1 N–H and O–H groups in total. The summed E-state index contributed by atoms with van der Waals surface area (Å²) < 4.78 is 36.4. The van der Waals surface area contributed by atoms with Crippen molar-refractivity contribution in [1.29, 1.82) is 0 Å². The van der Waals surface area contributed by atoms with E-state index in [0.29, 0.717) is 28.6 Å². The molecule has 2 aromatic carbocycles. The molecule has 3 aromatic rings. The van der Waals surface area contributed by atoms with Gasteiger partial charge in [0.15, 0.2) is 18.1 Å². The molecule has 4 rings (SSSR count). The maximum Gasteiger partial charge on any atom is 0.259 e. The van der Waals surface area contributed by atoms with Crippen LogP contribution in [0, 0.1) is 5.82 Å². The van der Waals surface area contributed by atoms with Gasteiger partial charge in [0.25, 0.3) is 5.91 Å². The predicted molar refractivity (Wildman–Crippen MR) is 146 cm³/mol. The molecule has 0 radical (unpaired) electrons. The van der Waals surface area contributed by atoms with E-state index < -0.39 is 0 Å². The predicted octanol–water partition coefficient (Wildman–Crippen LogP) is 4.94. The first-order valence-electron chi connectivity index (χ1n) is 12.3. The van der Waals surface area contributed by atoms with Gasteiger partial charge in [0.2, 0.25) is 11.7 Å². The van der Waals surface area contributed by atoms with Crippen LogP contribution < -0.4 is 19.5 Å². The third kappa shape index (κ3) is 6.14. The van der Waals surface area contributed by atoms with Crippen molar-refractivity contribution in [1.82, 2.24) is 10.2 Å².